The molecule has 0 atom stereocenters. The van der Waals surface area contributed by atoms with Crippen LogP contribution in [0.3, 0.4) is 0 Å². The van der Waals surface area contributed by atoms with E-state index in [4.69, 9.17) is 30.5 Å². The number of halogens is 1. The third kappa shape index (κ3) is 4.78. The van der Waals surface area contributed by atoms with Crippen LogP contribution in [0.5, 0.6) is 28.7 Å². The summed E-state index contributed by atoms with van der Waals surface area (Å²) in [5.41, 5.74) is 1.88. The molecule has 0 aromatic heterocycles. The van der Waals surface area contributed by atoms with Gasteiger partial charge in [0.05, 0.1) is 27.0 Å². The van der Waals surface area contributed by atoms with Gasteiger partial charge in [0, 0.05) is 10.6 Å². The molecular weight excluding hydrogens is 406 g/mol. The molecule has 3 aromatic rings. The Hall–Kier alpha value is -3.38. The van der Waals surface area contributed by atoms with Gasteiger partial charge in [-0.2, -0.15) is 0 Å². The Balaban J connectivity index is 1.91. The molecule has 0 aliphatic rings. The van der Waals surface area contributed by atoms with E-state index in [0.29, 0.717) is 45.0 Å². The van der Waals surface area contributed by atoms with E-state index in [-0.39, 0.29) is 5.91 Å². The van der Waals surface area contributed by atoms with Gasteiger partial charge in [-0.3, -0.25) is 4.79 Å². The van der Waals surface area contributed by atoms with E-state index in [1.807, 2.05) is 31.2 Å². The van der Waals surface area contributed by atoms with Crippen LogP contribution in [0, 0.1) is 6.92 Å². The van der Waals surface area contributed by atoms with Gasteiger partial charge in [0.15, 0.2) is 17.2 Å². The molecule has 0 heterocycles. The lowest BCUT2D eigenvalue weighted by Gasteiger charge is -2.15. The average molecular weight is 428 g/mol. The van der Waals surface area contributed by atoms with E-state index in [1.54, 1.807) is 30.3 Å². The maximum Gasteiger partial charge on any atom is 0.256 e. The predicted molar refractivity (Wildman–Crippen MR) is 117 cm³/mol. The normalized spacial score (nSPS) is 10.3. The first-order valence-corrected chi connectivity index (χ1v) is 9.48. The number of nitrogens with one attached hydrogen (secondary N) is 1. The molecule has 0 saturated carbocycles. The SMILES string of the molecule is COc1cc(C(=O)Nc2cc(Cl)ccc2Oc2ccc(C)cc2)cc(OC)c1OC. The molecule has 0 fully saturated rings. The summed E-state index contributed by atoms with van der Waals surface area (Å²) in [6.07, 6.45) is 0. The molecule has 0 aliphatic heterocycles. The molecule has 3 rings (SSSR count). The van der Waals surface area contributed by atoms with Gasteiger partial charge in [-0.05, 0) is 49.4 Å². The summed E-state index contributed by atoms with van der Waals surface area (Å²) in [5.74, 6) is 1.89. The number of carbonyl (C=O) groups is 1. The first-order valence-electron chi connectivity index (χ1n) is 9.10. The molecule has 7 heteroatoms. The smallest absolute Gasteiger partial charge is 0.256 e. The summed E-state index contributed by atoms with van der Waals surface area (Å²) >= 11 is 6.14. The summed E-state index contributed by atoms with van der Waals surface area (Å²) in [4.78, 5) is 12.9. The number of aryl methyl sites for hydroxylation is 1. The van der Waals surface area contributed by atoms with Crippen molar-refractivity contribution < 1.29 is 23.7 Å². The molecule has 1 amide bonds. The minimum absolute atomic E-state index is 0.325. The van der Waals surface area contributed by atoms with Crippen LogP contribution in [0.4, 0.5) is 5.69 Å². The fraction of sp³-hybridized carbons (Fsp3) is 0.174. The molecule has 0 unspecified atom stereocenters. The molecule has 156 valence electrons. The van der Waals surface area contributed by atoms with Gasteiger partial charge < -0.3 is 24.3 Å². The number of rotatable bonds is 7. The zero-order valence-electron chi connectivity index (χ0n) is 17.1. The van der Waals surface area contributed by atoms with Crippen molar-refractivity contribution in [2.75, 3.05) is 26.6 Å². The molecule has 1 N–H and O–H groups in total. The van der Waals surface area contributed by atoms with Gasteiger partial charge >= 0.3 is 0 Å². The van der Waals surface area contributed by atoms with E-state index >= 15 is 0 Å². The summed E-state index contributed by atoms with van der Waals surface area (Å²) in [6, 6.07) is 15.8. The first kappa shape index (κ1) is 21.3. The van der Waals surface area contributed by atoms with E-state index in [0.717, 1.165) is 5.56 Å². The van der Waals surface area contributed by atoms with Gasteiger partial charge in [-0.15, -0.1) is 0 Å². The summed E-state index contributed by atoms with van der Waals surface area (Å²) in [6.45, 7) is 2.00. The third-order valence-electron chi connectivity index (χ3n) is 4.37. The zero-order valence-corrected chi connectivity index (χ0v) is 17.9. The number of hydrogen-bond acceptors (Lipinski definition) is 5. The first-order chi connectivity index (χ1) is 14.4. The highest BCUT2D eigenvalue weighted by molar-refractivity contribution is 6.31. The highest BCUT2D eigenvalue weighted by Gasteiger charge is 2.18. The van der Waals surface area contributed by atoms with Crippen LogP contribution in [-0.2, 0) is 0 Å². The number of ether oxygens (including phenoxy) is 4. The maximum absolute atomic E-state index is 12.9. The molecule has 0 bridgehead atoms. The van der Waals surface area contributed by atoms with Crippen LogP contribution in [0.15, 0.2) is 54.6 Å². The molecule has 0 saturated heterocycles. The van der Waals surface area contributed by atoms with Gasteiger partial charge in [-0.25, -0.2) is 0 Å². The van der Waals surface area contributed by atoms with E-state index in [1.165, 1.54) is 21.3 Å². The second-order valence-electron chi connectivity index (χ2n) is 6.42. The van der Waals surface area contributed by atoms with Crippen molar-refractivity contribution in [3.8, 4) is 28.7 Å². The number of amides is 1. The number of hydrogen-bond donors (Lipinski definition) is 1. The number of anilines is 1. The van der Waals surface area contributed by atoms with E-state index < -0.39 is 0 Å². The van der Waals surface area contributed by atoms with Gasteiger partial charge in [0.25, 0.3) is 5.91 Å². The van der Waals surface area contributed by atoms with Crippen LogP contribution in [0.25, 0.3) is 0 Å². The fourth-order valence-electron chi connectivity index (χ4n) is 2.83. The molecule has 6 nitrogen and oxygen atoms in total. The minimum atomic E-state index is -0.384. The highest BCUT2D eigenvalue weighted by Crippen LogP contribution is 2.39. The Morgan fingerprint density at radius 3 is 2.03 bits per heavy atom. The van der Waals surface area contributed by atoms with Crippen LogP contribution in [0.2, 0.25) is 5.02 Å². The lowest BCUT2D eigenvalue weighted by atomic mass is 10.1. The Morgan fingerprint density at radius 1 is 0.833 bits per heavy atom. The maximum atomic E-state index is 12.9. The van der Waals surface area contributed by atoms with E-state index in [2.05, 4.69) is 5.32 Å². The number of carbonyl (C=O) groups excluding carboxylic acids is 1. The molecule has 30 heavy (non-hydrogen) atoms. The van der Waals surface area contributed by atoms with E-state index in [9.17, 15) is 4.79 Å². The standard InChI is InChI=1S/C23H22ClNO5/c1-14-5-8-17(9-6-14)30-19-10-7-16(24)13-18(19)25-23(26)15-11-20(27-2)22(29-4)21(12-15)28-3/h5-13H,1-4H3,(H,25,26). The zero-order chi connectivity index (χ0) is 21.7. The Kier molecular flexibility index (Phi) is 6.69. The number of methoxy groups -OCH3 is 3. The second kappa shape index (κ2) is 9.41. The topological polar surface area (TPSA) is 66.0 Å². The largest absolute Gasteiger partial charge is 0.493 e. The molecule has 0 spiro atoms. The molecular formula is C23H22ClNO5. The lowest BCUT2D eigenvalue weighted by molar-refractivity contribution is 0.102. The molecule has 0 radical (unpaired) electrons. The Bertz CT molecular complexity index is 1020. The molecule has 3 aromatic carbocycles. The van der Waals surface area contributed by atoms with Crippen molar-refractivity contribution in [3.63, 3.8) is 0 Å². The van der Waals surface area contributed by atoms with Crippen LogP contribution < -0.4 is 24.3 Å². The Morgan fingerprint density at radius 2 is 1.47 bits per heavy atom. The van der Waals surface area contributed by atoms with Crippen molar-refractivity contribution in [3.05, 3.63) is 70.7 Å². The van der Waals surface area contributed by atoms with Crippen LogP contribution in [-0.4, -0.2) is 27.2 Å². The van der Waals surface area contributed by atoms with Crippen molar-refractivity contribution in [2.24, 2.45) is 0 Å². The van der Waals surface area contributed by atoms with Crippen molar-refractivity contribution in [2.45, 2.75) is 6.92 Å². The van der Waals surface area contributed by atoms with Gasteiger partial charge in [0.1, 0.15) is 5.75 Å². The van der Waals surface area contributed by atoms with Crippen molar-refractivity contribution in [1.82, 2.24) is 0 Å². The third-order valence-corrected chi connectivity index (χ3v) is 4.60. The number of benzene rings is 3. The minimum Gasteiger partial charge on any atom is -0.493 e. The summed E-state index contributed by atoms with van der Waals surface area (Å²) < 4.78 is 21.9. The summed E-state index contributed by atoms with van der Waals surface area (Å²) in [7, 11) is 4.48. The predicted octanol–water partition coefficient (Wildman–Crippen LogP) is 5.72. The van der Waals surface area contributed by atoms with Gasteiger partial charge in [0.2, 0.25) is 5.75 Å². The molecule has 0 aliphatic carbocycles. The average Bonchev–Trinajstić information content (AvgIpc) is 2.75. The van der Waals surface area contributed by atoms with Crippen molar-refractivity contribution >= 4 is 23.2 Å². The van der Waals surface area contributed by atoms with Gasteiger partial charge in [-0.1, -0.05) is 29.3 Å². The second-order valence-corrected chi connectivity index (χ2v) is 6.86. The van der Waals surface area contributed by atoms with Crippen LogP contribution in [0.1, 0.15) is 15.9 Å². The summed E-state index contributed by atoms with van der Waals surface area (Å²) in [5, 5.41) is 3.30. The van der Waals surface area contributed by atoms with Crippen molar-refractivity contribution in [1.29, 1.82) is 0 Å². The van der Waals surface area contributed by atoms with Crippen LogP contribution >= 0.6 is 11.6 Å². The highest BCUT2D eigenvalue weighted by atomic mass is 35.5. The fourth-order valence-corrected chi connectivity index (χ4v) is 3.00. The Labute approximate surface area is 180 Å². The monoisotopic (exact) mass is 427 g/mol. The lowest BCUT2D eigenvalue weighted by Crippen LogP contribution is -2.13. The quantitative estimate of drug-likeness (QED) is 0.522.